The van der Waals surface area contributed by atoms with E-state index in [2.05, 4.69) is 19.2 Å². The Labute approximate surface area is 126 Å². The van der Waals surface area contributed by atoms with E-state index in [1.54, 1.807) is 26.4 Å². The number of anilines is 2. The molecule has 0 radical (unpaired) electrons. The van der Waals surface area contributed by atoms with Gasteiger partial charge in [-0.15, -0.1) is 0 Å². The van der Waals surface area contributed by atoms with E-state index in [1.165, 1.54) is 0 Å². The van der Waals surface area contributed by atoms with Crippen LogP contribution in [-0.2, 0) is 4.79 Å². The average Bonchev–Trinajstić information content (AvgIpc) is 2.48. The maximum absolute atomic E-state index is 12.4. The molecule has 0 aliphatic rings. The first-order chi connectivity index (χ1) is 10.1. The second-order valence-electron chi connectivity index (χ2n) is 5.06. The van der Waals surface area contributed by atoms with Gasteiger partial charge in [-0.2, -0.15) is 0 Å². The summed E-state index contributed by atoms with van der Waals surface area (Å²) in [6, 6.07) is 3.35. The summed E-state index contributed by atoms with van der Waals surface area (Å²) in [7, 11) is 3.10. The molecule has 0 bridgehead atoms. The van der Waals surface area contributed by atoms with E-state index in [1.807, 2.05) is 0 Å². The number of hydrogen-bond donors (Lipinski definition) is 2. The van der Waals surface area contributed by atoms with Crippen molar-refractivity contribution >= 4 is 17.3 Å². The molecule has 0 unspecified atom stereocenters. The highest BCUT2D eigenvalue weighted by Gasteiger charge is 2.18. The molecule has 0 atom stereocenters. The molecule has 21 heavy (non-hydrogen) atoms. The molecule has 0 fully saturated rings. The summed E-state index contributed by atoms with van der Waals surface area (Å²) in [6.45, 7) is 4.17. The number of carbonyl (C=O) groups is 1. The van der Waals surface area contributed by atoms with Crippen LogP contribution < -0.4 is 20.5 Å². The molecule has 0 saturated heterocycles. The maximum atomic E-state index is 12.4. The van der Waals surface area contributed by atoms with Gasteiger partial charge in [0.25, 0.3) is 0 Å². The number of nitrogens with one attached hydrogen (secondary N) is 1. The minimum absolute atomic E-state index is 0.0117. The van der Waals surface area contributed by atoms with Crippen LogP contribution >= 0.6 is 0 Å². The van der Waals surface area contributed by atoms with Crippen molar-refractivity contribution in [2.45, 2.75) is 39.5 Å². The van der Waals surface area contributed by atoms with Gasteiger partial charge in [-0.25, -0.2) is 0 Å². The third-order valence-corrected chi connectivity index (χ3v) is 3.46. The quantitative estimate of drug-likeness (QED) is 0.720. The first-order valence-corrected chi connectivity index (χ1v) is 7.39. The summed E-state index contributed by atoms with van der Waals surface area (Å²) < 4.78 is 10.4. The number of rotatable bonds is 8. The molecule has 118 valence electrons. The van der Waals surface area contributed by atoms with E-state index in [0.717, 1.165) is 25.7 Å². The van der Waals surface area contributed by atoms with Gasteiger partial charge in [-0.05, 0) is 12.8 Å². The summed E-state index contributed by atoms with van der Waals surface area (Å²) in [5.74, 6) is 1.13. The fourth-order valence-electron chi connectivity index (χ4n) is 2.34. The molecule has 0 heterocycles. The van der Waals surface area contributed by atoms with Crippen molar-refractivity contribution in [3.05, 3.63) is 12.1 Å². The molecule has 5 nitrogen and oxygen atoms in total. The number of amides is 1. The zero-order valence-electron chi connectivity index (χ0n) is 13.4. The van der Waals surface area contributed by atoms with Crippen LogP contribution in [0.2, 0.25) is 0 Å². The number of ether oxygens (including phenoxy) is 2. The molecule has 1 aromatic carbocycles. The highest BCUT2D eigenvalue weighted by molar-refractivity contribution is 5.96. The lowest BCUT2D eigenvalue weighted by Gasteiger charge is -2.17. The Balaban J connectivity index is 2.93. The number of benzene rings is 1. The standard InChI is InChI=1S/C16H26N2O3/c1-5-7-11(8-6-2)16(19)18-13-10-15(21-4)14(20-3)9-12(13)17/h9-11H,5-8,17H2,1-4H3,(H,18,19). The second-order valence-corrected chi connectivity index (χ2v) is 5.06. The lowest BCUT2D eigenvalue weighted by Crippen LogP contribution is -2.23. The van der Waals surface area contributed by atoms with Gasteiger partial charge in [0.15, 0.2) is 11.5 Å². The van der Waals surface area contributed by atoms with Gasteiger partial charge in [0.1, 0.15) is 0 Å². The summed E-state index contributed by atoms with van der Waals surface area (Å²) >= 11 is 0. The highest BCUT2D eigenvalue weighted by Crippen LogP contribution is 2.35. The van der Waals surface area contributed by atoms with Gasteiger partial charge in [0.05, 0.1) is 25.6 Å². The number of methoxy groups -OCH3 is 2. The SMILES string of the molecule is CCCC(CCC)C(=O)Nc1cc(OC)c(OC)cc1N. The third-order valence-electron chi connectivity index (χ3n) is 3.46. The molecule has 1 aromatic rings. The number of nitrogens with two attached hydrogens (primary N) is 1. The third kappa shape index (κ3) is 4.55. The van der Waals surface area contributed by atoms with Crippen LogP contribution in [0.25, 0.3) is 0 Å². The monoisotopic (exact) mass is 294 g/mol. The molecule has 0 aromatic heterocycles. The van der Waals surface area contributed by atoms with E-state index >= 15 is 0 Å². The Hall–Kier alpha value is -1.91. The van der Waals surface area contributed by atoms with Crippen molar-refractivity contribution < 1.29 is 14.3 Å². The van der Waals surface area contributed by atoms with Gasteiger partial charge in [0, 0.05) is 18.1 Å². The van der Waals surface area contributed by atoms with E-state index in [9.17, 15) is 4.79 Å². The summed E-state index contributed by atoms with van der Waals surface area (Å²) in [5.41, 5.74) is 7.00. The molecule has 3 N–H and O–H groups in total. The van der Waals surface area contributed by atoms with Crippen molar-refractivity contribution in [2.75, 3.05) is 25.3 Å². The molecule has 1 rings (SSSR count). The Bertz CT molecular complexity index is 469. The van der Waals surface area contributed by atoms with Gasteiger partial charge in [0.2, 0.25) is 5.91 Å². The Kier molecular flexibility index (Phi) is 6.85. The Morgan fingerprint density at radius 1 is 1.14 bits per heavy atom. The molecule has 1 amide bonds. The maximum Gasteiger partial charge on any atom is 0.227 e. The number of carbonyl (C=O) groups excluding carboxylic acids is 1. The van der Waals surface area contributed by atoms with Crippen LogP contribution in [0.3, 0.4) is 0 Å². The summed E-state index contributed by atoms with van der Waals surface area (Å²) in [4.78, 5) is 12.4. The van der Waals surface area contributed by atoms with Gasteiger partial charge in [-0.1, -0.05) is 26.7 Å². The fourth-order valence-corrected chi connectivity index (χ4v) is 2.34. The summed E-state index contributed by atoms with van der Waals surface area (Å²) in [5, 5.41) is 2.91. The predicted molar refractivity (Wildman–Crippen MR) is 85.9 cm³/mol. The van der Waals surface area contributed by atoms with Crippen molar-refractivity contribution in [3.63, 3.8) is 0 Å². The largest absolute Gasteiger partial charge is 0.493 e. The van der Waals surface area contributed by atoms with Crippen molar-refractivity contribution in [2.24, 2.45) is 5.92 Å². The molecule has 0 spiro atoms. The number of hydrogen-bond acceptors (Lipinski definition) is 4. The highest BCUT2D eigenvalue weighted by atomic mass is 16.5. The van der Waals surface area contributed by atoms with Crippen molar-refractivity contribution in [1.82, 2.24) is 0 Å². The van der Waals surface area contributed by atoms with Crippen LogP contribution in [-0.4, -0.2) is 20.1 Å². The Morgan fingerprint density at radius 2 is 1.67 bits per heavy atom. The first kappa shape index (κ1) is 17.1. The van der Waals surface area contributed by atoms with E-state index in [0.29, 0.717) is 22.9 Å². The predicted octanol–water partition coefficient (Wildman–Crippen LogP) is 3.44. The van der Waals surface area contributed by atoms with E-state index in [-0.39, 0.29) is 11.8 Å². The average molecular weight is 294 g/mol. The van der Waals surface area contributed by atoms with Crippen LogP contribution in [0.15, 0.2) is 12.1 Å². The topological polar surface area (TPSA) is 73.6 Å². The van der Waals surface area contributed by atoms with Gasteiger partial charge in [-0.3, -0.25) is 4.79 Å². The Morgan fingerprint density at radius 3 is 2.14 bits per heavy atom. The number of nitrogen functional groups attached to an aromatic ring is 1. The van der Waals surface area contributed by atoms with E-state index in [4.69, 9.17) is 15.2 Å². The smallest absolute Gasteiger partial charge is 0.227 e. The zero-order valence-corrected chi connectivity index (χ0v) is 13.4. The first-order valence-electron chi connectivity index (χ1n) is 7.39. The molecule has 5 heteroatoms. The van der Waals surface area contributed by atoms with Gasteiger partial charge < -0.3 is 20.5 Å². The molecular formula is C16H26N2O3. The normalized spacial score (nSPS) is 10.5. The van der Waals surface area contributed by atoms with Gasteiger partial charge >= 0.3 is 0 Å². The molecule has 0 saturated carbocycles. The minimum Gasteiger partial charge on any atom is -0.493 e. The van der Waals surface area contributed by atoms with Crippen molar-refractivity contribution in [1.29, 1.82) is 0 Å². The molecular weight excluding hydrogens is 268 g/mol. The van der Waals surface area contributed by atoms with Crippen LogP contribution in [0.1, 0.15) is 39.5 Å². The van der Waals surface area contributed by atoms with Crippen molar-refractivity contribution in [3.8, 4) is 11.5 Å². The fraction of sp³-hybridized carbons (Fsp3) is 0.562. The van der Waals surface area contributed by atoms with Crippen LogP contribution in [0.4, 0.5) is 11.4 Å². The van der Waals surface area contributed by atoms with Crippen LogP contribution in [0, 0.1) is 5.92 Å². The lowest BCUT2D eigenvalue weighted by molar-refractivity contribution is -0.120. The lowest BCUT2D eigenvalue weighted by atomic mass is 9.97. The van der Waals surface area contributed by atoms with E-state index < -0.39 is 0 Å². The minimum atomic E-state index is 0.0117. The zero-order chi connectivity index (χ0) is 15.8. The second kappa shape index (κ2) is 8.39. The molecule has 0 aliphatic carbocycles. The summed E-state index contributed by atoms with van der Waals surface area (Å²) in [6.07, 6.45) is 3.73. The molecule has 0 aliphatic heterocycles. The van der Waals surface area contributed by atoms with Crippen LogP contribution in [0.5, 0.6) is 11.5 Å².